The second kappa shape index (κ2) is 35.8. The van der Waals surface area contributed by atoms with Crippen LogP contribution < -0.4 is 4.74 Å². The van der Waals surface area contributed by atoms with Crippen LogP contribution in [0.15, 0.2) is 59.5 Å². The van der Waals surface area contributed by atoms with Gasteiger partial charge in [0.15, 0.2) is 0 Å². The quantitative estimate of drug-likeness (QED) is 0.182. The Hall–Kier alpha value is -1.41. The van der Waals surface area contributed by atoms with Crippen LogP contribution in [0.1, 0.15) is 132 Å². The normalized spacial score (nSPS) is 9.14. The van der Waals surface area contributed by atoms with E-state index in [1.54, 1.807) is 0 Å². The van der Waals surface area contributed by atoms with E-state index >= 15 is 0 Å². The first-order valence-electron chi connectivity index (χ1n) is 15.1. The smallest absolute Gasteiger partial charge is 0.119 e. The van der Waals surface area contributed by atoms with Crippen LogP contribution in [0.3, 0.4) is 0 Å². The average molecular weight is 519 g/mol. The number of unbranched alkanes of at least 4 members (excludes halogenated alkanes) is 7. The van der Waals surface area contributed by atoms with Crippen LogP contribution in [-0.2, 0) is 6.42 Å². The molecule has 0 heterocycles. The molecule has 0 amide bonds. The molecule has 0 aliphatic rings. The Balaban J connectivity index is -0.000000490. The molecular weight excluding hydrogens is 456 g/mol. The zero-order chi connectivity index (χ0) is 27.7. The molecule has 0 saturated heterocycles. The predicted octanol–water partition coefficient (Wildman–Crippen LogP) is 12.4. The number of ether oxygens (including phenoxy) is 1. The summed E-state index contributed by atoms with van der Waals surface area (Å²) in [6.45, 7) is 19.8. The molecule has 0 aromatic heterocycles. The number of hydrogen-bond donors (Lipinski definition) is 0. The third-order valence-corrected chi connectivity index (χ3v) is 5.96. The Morgan fingerprint density at radius 3 is 1.58 bits per heavy atom. The number of benzene rings is 2. The Kier molecular flexibility index (Phi) is 38.8. The van der Waals surface area contributed by atoms with Crippen molar-refractivity contribution in [2.45, 2.75) is 138 Å². The Morgan fingerprint density at radius 2 is 1.08 bits per heavy atom. The minimum Gasteiger partial charge on any atom is -0.494 e. The van der Waals surface area contributed by atoms with Crippen molar-refractivity contribution in [1.82, 2.24) is 0 Å². The van der Waals surface area contributed by atoms with Crippen molar-refractivity contribution < 1.29 is 4.74 Å². The standard InChI is InChI=1S/C15H24O.C12H18S.C3H8.2C2H6/c1-3-5-6-7-8-13-16-15-11-9-14(4-2)10-12-15;1-2-3-4-8-11-13-12-9-6-5-7-10-12;1-3-2;2*1-2/h9-12H,3-8,13H2,1-2H3;5-7,9-10H,2-4,8,11H2,1H3;3H2,1-2H3;2*1-2H3. The summed E-state index contributed by atoms with van der Waals surface area (Å²) in [6.07, 6.45) is 14.3. The summed E-state index contributed by atoms with van der Waals surface area (Å²) < 4.78 is 5.69. The van der Waals surface area contributed by atoms with Gasteiger partial charge in [0.05, 0.1) is 6.61 Å². The molecule has 36 heavy (non-hydrogen) atoms. The molecule has 0 radical (unpaired) electrons. The van der Waals surface area contributed by atoms with Crippen LogP contribution in [0.2, 0.25) is 0 Å². The first kappa shape index (κ1) is 39.1. The van der Waals surface area contributed by atoms with Gasteiger partial charge in [-0.3, -0.25) is 0 Å². The number of rotatable bonds is 14. The lowest BCUT2D eigenvalue weighted by Gasteiger charge is -2.06. The van der Waals surface area contributed by atoms with E-state index in [4.69, 9.17) is 4.74 Å². The lowest BCUT2D eigenvalue weighted by Crippen LogP contribution is -1.97. The molecular formula is C34H62OS. The average Bonchev–Trinajstić information content (AvgIpc) is 2.94. The van der Waals surface area contributed by atoms with Gasteiger partial charge in [-0.1, -0.05) is 144 Å². The van der Waals surface area contributed by atoms with Gasteiger partial charge in [-0.05, 0) is 54.8 Å². The zero-order valence-corrected chi connectivity index (χ0v) is 26.5. The summed E-state index contributed by atoms with van der Waals surface area (Å²) >= 11 is 1.97. The number of hydrogen-bond acceptors (Lipinski definition) is 2. The third kappa shape index (κ3) is 28.8. The maximum Gasteiger partial charge on any atom is 0.119 e. The summed E-state index contributed by atoms with van der Waals surface area (Å²) in [4.78, 5) is 1.40. The van der Waals surface area contributed by atoms with Gasteiger partial charge in [0.1, 0.15) is 5.75 Å². The maximum atomic E-state index is 5.69. The van der Waals surface area contributed by atoms with Crippen LogP contribution in [0, 0.1) is 0 Å². The van der Waals surface area contributed by atoms with E-state index in [1.165, 1.54) is 80.4 Å². The monoisotopic (exact) mass is 518 g/mol. The molecule has 0 aliphatic carbocycles. The van der Waals surface area contributed by atoms with E-state index in [0.717, 1.165) is 18.8 Å². The fraction of sp³-hybridized carbons (Fsp3) is 0.647. The molecule has 0 saturated carbocycles. The van der Waals surface area contributed by atoms with E-state index in [9.17, 15) is 0 Å². The van der Waals surface area contributed by atoms with Gasteiger partial charge in [0, 0.05) is 4.90 Å². The second-order valence-corrected chi connectivity index (χ2v) is 9.36. The van der Waals surface area contributed by atoms with Gasteiger partial charge in [-0.15, -0.1) is 11.8 Å². The Bertz CT molecular complexity index is 594. The van der Waals surface area contributed by atoms with E-state index in [1.807, 2.05) is 39.5 Å². The van der Waals surface area contributed by atoms with Crippen LogP contribution in [0.5, 0.6) is 5.75 Å². The van der Waals surface area contributed by atoms with Gasteiger partial charge in [-0.2, -0.15) is 0 Å². The lowest BCUT2D eigenvalue weighted by atomic mass is 10.1. The molecule has 1 nitrogen and oxygen atoms in total. The van der Waals surface area contributed by atoms with Gasteiger partial charge in [-0.25, -0.2) is 0 Å². The first-order valence-corrected chi connectivity index (χ1v) is 16.1. The highest BCUT2D eigenvalue weighted by atomic mass is 32.2. The summed E-state index contributed by atoms with van der Waals surface area (Å²) in [7, 11) is 0. The third-order valence-electron chi connectivity index (χ3n) is 4.86. The fourth-order valence-electron chi connectivity index (χ4n) is 2.95. The second-order valence-electron chi connectivity index (χ2n) is 8.19. The molecule has 0 unspecified atom stereocenters. The largest absolute Gasteiger partial charge is 0.494 e. The fourth-order valence-corrected chi connectivity index (χ4v) is 3.89. The molecule has 0 aliphatic heterocycles. The molecule has 0 spiro atoms. The van der Waals surface area contributed by atoms with E-state index in [-0.39, 0.29) is 0 Å². The van der Waals surface area contributed by atoms with Gasteiger partial charge in [0.25, 0.3) is 0 Å². The molecule has 0 atom stereocenters. The van der Waals surface area contributed by atoms with Gasteiger partial charge in [0.2, 0.25) is 0 Å². The van der Waals surface area contributed by atoms with E-state index in [2.05, 4.69) is 89.2 Å². The van der Waals surface area contributed by atoms with Crippen LogP contribution in [0.4, 0.5) is 0 Å². The van der Waals surface area contributed by atoms with Crippen molar-refractivity contribution >= 4 is 11.8 Å². The Labute approximate surface area is 232 Å². The number of aryl methyl sites for hydroxylation is 1. The van der Waals surface area contributed by atoms with Crippen LogP contribution >= 0.6 is 11.8 Å². The molecule has 2 rings (SSSR count). The van der Waals surface area contributed by atoms with E-state index < -0.39 is 0 Å². The minimum absolute atomic E-state index is 0.856. The van der Waals surface area contributed by atoms with Crippen molar-refractivity contribution in [2.24, 2.45) is 0 Å². The maximum absolute atomic E-state index is 5.69. The SMILES string of the molecule is CC.CC.CCC.CCCCCCCOc1ccc(CC)cc1.CCCCCCSc1ccccc1. The van der Waals surface area contributed by atoms with Crippen molar-refractivity contribution in [3.05, 3.63) is 60.2 Å². The van der Waals surface area contributed by atoms with E-state index in [0.29, 0.717) is 0 Å². The van der Waals surface area contributed by atoms with Crippen molar-refractivity contribution in [3.8, 4) is 5.75 Å². The zero-order valence-electron chi connectivity index (χ0n) is 25.7. The van der Waals surface area contributed by atoms with Crippen molar-refractivity contribution in [3.63, 3.8) is 0 Å². The van der Waals surface area contributed by atoms with Crippen LogP contribution in [0.25, 0.3) is 0 Å². The lowest BCUT2D eigenvalue weighted by molar-refractivity contribution is 0.304. The highest BCUT2D eigenvalue weighted by Crippen LogP contribution is 2.18. The molecule has 2 aromatic carbocycles. The summed E-state index contributed by atoms with van der Waals surface area (Å²) in [5.41, 5.74) is 1.37. The molecule has 2 heteroatoms. The van der Waals surface area contributed by atoms with Crippen molar-refractivity contribution in [1.29, 1.82) is 0 Å². The topological polar surface area (TPSA) is 9.23 Å². The molecule has 210 valence electrons. The number of thioether (sulfide) groups is 1. The minimum atomic E-state index is 0.856. The predicted molar refractivity (Wildman–Crippen MR) is 170 cm³/mol. The van der Waals surface area contributed by atoms with Gasteiger partial charge < -0.3 is 4.74 Å². The molecule has 0 N–H and O–H groups in total. The van der Waals surface area contributed by atoms with Crippen molar-refractivity contribution in [2.75, 3.05) is 12.4 Å². The van der Waals surface area contributed by atoms with Crippen LogP contribution in [-0.4, -0.2) is 12.4 Å². The molecule has 0 fully saturated rings. The molecule has 2 aromatic rings. The summed E-state index contributed by atoms with van der Waals surface area (Å²) in [5, 5.41) is 0. The summed E-state index contributed by atoms with van der Waals surface area (Å²) in [5.74, 6) is 2.27. The first-order chi connectivity index (χ1) is 17.7. The highest BCUT2D eigenvalue weighted by molar-refractivity contribution is 7.99. The van der Waals surface area contributed by atoms with Gasteiger partial charge >= 0.3 is 0 Å². The Morgan fingerprint density at radius 1 is 0.583 bits per heavy atom. The molecule has 0 bridgehead atoms. The highest BCUT2D eigenvalue weighted by Gasteiger charge is 1.95. The summed E-state index contributed by atoms with van der Waals surface area (Å²) in [6, 6.07) is 19.1.